The topological polar surface area (TPSA) is 24.9 Å². The highest BCUT2D eigenvalue weighted by atomic mass is 32.1. The quantitative estimate of drug-likeness (QED) is 0.878. The Balaban J connectivity index is 1.99. The SMILES string of the molecule is CCNCC1CCC(C)(C)CC1Cc1nccs1. The maximum Gasteiger partial charge on any atom is 0.0927 e. The molecule has 0 aliphatic heterocycles. The molecule has 0 radical (unpaired) electrons. The van der Waals surface area contributed by atoms with Crippen LogP contribution >= 0.6 is 11.3 Å². The van der Waals surface area contributed by atoms with E-state index in [-0.39, 0.29) is 0 Å². The van der Waals surface area contributed by atoms with Gasteiger partial charge in [-0.05, 0) is 49.6 Å². The summed E-state index contributed by atoms with van der Waals surface area (Å²) in [4.78, 5) is 4.47. The number of hydrogen-bond donors (Lipinski definition) is 1. The van der Waals surface area contributed by atoms with E-state index in [9.17, 15) is 0 Å². The molecule has 1 saturated carbocycles. The molecule has 1 fully saturated rings. The monoisotopic (exact) mass is 266 g/mol. The van der Waals surface area contributed by atoms with Crippen LogP contribution in [0.3, 0.4) is 0 Å². The van der Waals surface area contributed by atoms with E-state index in [4.69, 9.17) is 0 Å². The van der Waals surface area contributed by atoms with Crippen molar-refractivity contribution < 1.29 is 0 Å². The molecule has 0 amide bonds. The Morgan fingerprint density at radius 1 is 1.44 bits per heavy atom. The van der Waals surface area contributed by atoms with Crippen molar-refractivity contribution in [3.63, 3.8) is 0 Å². The Kier molecular flexibility index (Phi) is 4.79. The minimum absolute atomic E-state index is 0.518. The van der Waals surface area contributed by atoms with Gasteiger partial charge >= 0.3 is 0 Å². The lowest BCUT2D eigenvalue weighted by atomic mass is 9.66. The fraction of sp³-hybridized carbons (Fsp3) is 0.800. The van der Waals surface area contributed by atoms with Crippen LogP contribution in [0.4, 0.5) is 0 Å². The van der Waals surface area contributed by atoms with E-state index >= 15 is 0 Å². The van der Waals surface area contributed by atoms with Crippen molar-refractivity contribution in [1.29, 1.82) is 0 Å². The second kappa shape index (κ2) is 6.16. The van der Waals surface area contributed by atoms with Crippen LogP contribution in [0.2, 0.25) is 0 Å². The van der Waals surface area contributed by atoms with Crippen LogP contribution < -0.4 is 5.32 Å². The summed E-state index contributed by atoms with van der Waals surface area (Å²) in [6, 6.07) is 0. The molecule has 0 bridgehead atoms. The van der Waals surface area contributed by atoms with Gasteiger partial charge in [-0.2, -0.15) is 0 Å². The lowest BCUT2D eigenvalue weighted by Gasteiger charge is -2.40. The largest absolute Gasteiger partial charge is 0.317 e. The van der Waals surface area contributed by atoms with E-state index in [1.165, 1.54) is 37.2 Å². The van der Waals surface area contributed by atoms with Crippen molar-refractivity contribution in [3.05, 3.63) is 16.6 Å². The normalized spacial score (nSPS) is 27.3. The Morgan fingerprint density at radius 2 is 2.28 bits per heavy atom. The number of thiazole rings is 1. The Labute approximate surface area is 115 Å². The molecule has 1 aromatic rings. The second-order valence-corrected chi connectivity index (χ2v) is 7.34. The summed E-state index contributed by atoms with van der Waals surface area (Å²) < 4.78 is 0. The molecular weight excluding hydrogens is 240 g/mol. The summed E-state index contributed by atoms with van der Waals surface area (Å²) in [6.07, 6.45) is 7.21. The third-order valence-corrected chi connectivity index (χ3v) is 5.05. The molecule has 0 spiro atoms. The summed E-state index contributed by atoms with van der Waals surface area (Å²) in [5, 5.41) is 6.96. The van der Waals surface area contributed by atoms with Crippen LogP contribution in [0.15, 0.2) is 11.6 Å². The molecule has 0 saturated heterocycles. The van der Waals surface area contributed by atoms with Gasteiger partial charge in [0, 0.05) is 18.0 Å². The minimum Gasteiger partial charge on any atom is -0.317 e. The molecule has 2 atom stereocenters. The van der Waals surface area contributed by atoms with E-state index in [0.29, 0.717) is 5.41 Å². The molecular formula is C15H26N2S. The first-order chi connectivity index (χ1) is 8.61. The van der Waals surface area contributed by atoms with Crippen molar-refractivity contribution in [2.75, 3.05) is 13.1 Å². The lowest BCUT2D eigenvalue weighted by molar-refractivity contribution is 0.116. The Bertz CT molecular complexity index is 345. The van der Waals surface area contributed by atoms with E-state index in [1.54, 1.807) is 0 Å². The molecule has 102 valence electrons. The van der Waals surface area contributed by atoms with Crippen molar-refractivity contribution in [1.82, 2.24) is 10.3 Å². The zero-order valence-corrected chi connectivity index (χ0v) is 12.7. The molecule has 0 aromatic carbocycles. The van der Waals surface area contributed by atoms with Crippen molar-refractivity contribution in [3.8, 4) is 0 Å². The molecule has 2 unspecified atom stereocenters. The minimum atomic E-state index is 0.518. The molecule has 1 aliphatic carbocycles. The van der Waals surface area contributed by atoms with Gasteiger partial charge < -0.3 is 5.32 Å². The summed E-state index contributed by atoms with van der Waals surface area (Å²) in [5.74, 6) is 1.64. The molecule has 1 heterocycles. The molecule has 2 rings (SSSR count). The third kappa shape index (κ3) is 3.79. The zero-order valence-electron chi connectivity index (χ0n) is 11.9. The summed E-state index contributed by atoms with van der Waals surface area (Å²) in [6.45, 7) is 9.31. The maximum atomic E-state index is 4.47. The predicted molar refractivity (Wildman–Crippen MR) is 79.0 cm³/mol. The zero-order chi connectivity index (χ0) is 13.0. The highest BCUT2D eigenvalue weighted by molar-refractivity contribution is 7.09. The van der Waals surface area contributed by atoms with Crippen LogP contribution in [0.25, 0.3) is 0 Å². The number of nitrogens with one attached hydrogen (secondary N) is 1. The van der Waals surface area contributed by atoms with Crippen LogP contribution in [-0.2, 0) is 6.42 Å². The summed E-state index contributed by atoms with van der Waals surface area (Å²) >= 11 is 1.81. The lowest BCUT2D eigenvalue weighted by Crippen LogP contribution is -2.36. The number of hydrogen-bond acceptors (Lipinski definition) is 3. The number of nitrogens with zero attached hydrogens (tertiary/aromatic N) is 1. The van der Waals surface area contributed by atoms with Gasteiger partial charge in [-0.3, -0.25) is 0 Å². The van der Waals surface area contributed by atoms with Gasteiger partial charge in [-0.15, -0.1) is 11.3 Å². The molecule has 1 aromatic heterocycles. The predicted octanol–water partition coefficient (Wildman–Crippen LogP) is 3.74. The number of rotatable bonds is 5. The standard InChI is InChI=1S/C15H26N2S/c1-4-16-11-12-5-6-15(2,3)10-13(12)9-14-17-7-8-18-14/h7-8,12-13,16H,4-6,9-11H2,1-3H3. The first-order valence-electron chi connectivity index (χ1n) is 7.20. The highest BCUT2D eigenvalue weighted by Gasteiger charge is 2.34. The van der Waals surface area contributed by atoms with Gasteiger partial charge in [-0.25, -0.2) is 4.98 Å². The van der Waals surface area contributed by atoms with E-state index in [1.807, 2.05) is 17.5 Å². The molecule has 18 heavy (non-hydrogen) atoms. The average Bonchev–Trinajstić information content (AvgIpc) is 2.80. The maximum absolute atomic E-state index is 4.47. The first kappa shape index (κ1) is 14.0. The molecule has 1 aliphatic rings. The smallest absolute Gasteiger partial charge is 0.0927 e. The van der Waals surface area contributed by atoms with Crippen LogP contribution in [0.1, 0.15) is 45.0 Å². The van der Waals surface area contributed by atoms with E-state index < -0.39 is 0 Å². The molecule has 3 heteroatoms. The van der Waals surface area contributed by atoms with Crippen LogP contribution in [0, 0.1) is 17.3 Å². The highest BCUT2D eigenvalue weighted by Crippen LogP contribution is 2.43. The van der Waals surface area contributed by atoms with Gasteiger partial charge in [0.15, 0.2) is 0 Å². The van der Waals surface area contributed by atoms with Crippen molar-refractivity contribution in [2.24, 2.45) is 17.3 Å². The fourth-order valence-electron chi connectivity index (χ4n) is 3.21. The Morgan fingerprint density at radius 3 is 2.94 bits per heavy atom. The Hall–Kier alpha value is -0.410. The van der Waals surface area contributed by atoms with Gasteiger partial charge in [-0.1, -0.05) is 20.8 Å². The number of aromatic nitrogens is 1. The van der Waals surface area contributed by atoms with Crippen LogP contribution in [0.5, 0.6) is 0 Å². The van der Waals surface area contributed by atoms with Crippen LogP contribution in [-0.4, -0.2) is 18.1 Å². The first-order valence-corrected chi connectivity index (χ1v) is 8.08. The van der Waals surface area contributed by atoms with Gasteiger partial charge in [0.25, 0.3) is 0 Å². The van der Waals surface area contributed by atoms with Gasteiger partial charge in [0.2, 0.25) is 0 Å². The summed E-state index contributed by atoms with van der Waals surface area (Å²) in [5.41, 5.74) is 0.518. The molecule has 1 N–H and O–H groups in total. The summed E-state index contributed by atoms with van der Waals surface area (Å²) in [7, 11) is 0. The van der Waals surface area contributed by atoms with Crippen molar-refractivity contribution in [2.45, 2.75) is 46.5 Å². The third-order valence-electron chi connectivity index (χ3n) is 4.25. The molecule has 2 nitrogen and oxygen atoms in total. The van der Waals surface area contributed by atoms with Gasteiger partial charge in [0.1, 0.15) is 0 Å². The average molecular weight is 266 g/mol. The second-order valence-electron chi connectivity index (χ2n) is 6.36. The van der Waals surface area contributed by atoms with Gasteiger partial charge in [0.05, 0.1) is 5.01 Å². The van der Waals surface area contributed by atoms with Crippen molar-refractivity contribution >= 4 is 11.3 Å². The van der Waals surface area contributed by atoms with E-state index in [2.05, 4.69) is 36.5 Å². The fourth-order valence-corrected chi connectivity index (χ4v) is 3.92. The van der Waals surface area contributed by atoms with E-state index in [0.717, 1.165) is 18.4 Å².